The molecule has 86 valence electrons. The summed E-state index contributed by atoms with van der Waals surface area (Å²) in [6, 6.07) is 0. The zero-order chi connectivity index (χ0) is 10.5. The second-order valence-corrected chi connectivity index (χ2v) is 5.95. The van der Waals surface area contributed by atoms with E-state index < -0.39 is 0 Å². The van der Waals surface area contributed by atoms with Crippen LogP contribution in [0.2, 0.25) is 0 Å². The van der Waals surface area contributed by atoms with Gasteiger partial charge in [0, 0.05) is 5.41 Å². The summed E-state index contributed by atoms with van der Waals surface area (Å²) in [5.74, 6) is 0. The van der Waals surface area contributed by atoms with Gasteiger partial charge in [-0.2, -0.15) is 0 Å². The summed E-state index contributed by atoms with van der Waals surface area (Å²) in [6.07, 6.45) is -0.0995. The van der Waals surface area contributed by atoms with Crippen molar-refractivity contribution < 1.29 is 9.47 Å². The van der Waals surface area contributed by atoms with Crippen molar-refractivity contribution in [1.82, 2.24) is 0 Å². The number of hydrogen-bond acceptors (Lipinski definition) is 2. The van der Waals surface area contributed by atoms with Gasteiger partial charge in [-0.3, -0.25) is 0 Å². The van der Waals surface area contributed by atoms with E-state index in [1.807, 2.05) is 0 Å². The van der Waals surface area contributed by atoms with Crippen LogP contribution in [0.5, 0.6) is 0 Å². The normalized spacial score (nSPS) is 25.9. The first-order valence-electron chi connectivity index (χ1n) is 4.92. The molecule has 1 aliphatic heterocycles. The summed E-state index contributed by atoms with van der Waals surface area (Å²) in [5, 5.41) is 0. The Morgan fingerprint density at radius 1 is 0.857 bits per heavy atom. The molecule has 1 aliphatic rings. The molecule has 0 aromatic carbocycles. The maximum absolute atomic E-state index is 5.91. The molecule has 1 saturated heterocycles. The van der Waals surface area contributed by atoms with Crippen molar-refractivity contribution >= 4 is 0 Å². The Balaban J connectivity index is 0.00000169. The molecule has 14 heavy (non-hydrogen) atoms. The van der Waals surface area contributed by atoms with Crippen LogP contribution in [-0.4, -0.2) is 17.5 Å². The van der Waals surface area contributed by atoms with Crippen LogP contribution in [0.4, 0.5) is 0 Å². The van der Waals surface area contributed by atoms with Crippen molar-refractivity contribution in [2.45, 2.75) is 73.4 Å². The Morgan fingerprint density at radius 3 is 1.29 bits per heavy atom. The number of hydrogen-bond donors (Lipinski definition) is 0. The average Bonchev–Trinajstić information content (AvgIpc) is 2.00. The minimum absolute atomic E-state index is 0. The highest BCUT2D eigenvalue weighted by atomic mass is 16.7. The molecule has 2 heteroatoms. The van der Waals surface area contributed by atoms with Crippen molar-refractivity contribution in [3.63, 3.8) is 0 Å². The van der Waals surface area contributed by atoms with E-state index in [-0.39, 0.29) is 30.3 Å². The fourth-order valence-electron chi connectivity index (χ4n) is 1.20. The van der Waals surface area contributed by atoms with Crippen LogP contribution in [0.1, 0.15) is 55.9 Å². The fourth-order valence-corrected chi connectivity index (χ4v) is 1.20. The SMILES string of the molecule is C.CC(C)(C)C1OC(C)(C)C(C)(C)O1. The van der Waals surface area contributed by atoms with E-state index in [2.05, 4.69) is 48.5 Å². The zero-order valence-corrected chi connectivity index (χ0v) is 9.89. The van der Waals surface area contributed by atoms with Crippen LogP contribution in [0.25, 0.3) is 0 Å². The summed E-state index contributed by atoms with van der Waals surface area (Å²) in [5.41, 5.74) is -0.360. The van der Waals surface area contributed by atoms with Gasteiger partial charge < -0.3 is 9.47 Å². The third-order valence-corrected chi connectivity index (χ3v) is 2.96. The van der Waals surface area contributed by atoms with Gasteiger partial charge in [-0.15, -0.1) is 0 Å². The average molecular weight is 202 g/mol. The Hall–Kier alpha value is -0.0800. The lowest BCUT2D eigenvalue weighted by atomic mass is 9.90. The first kappa shape index (κ1) is 13.9. The lowest BCUT2D eigenvalue weighted by Gasteiger charge is -2.30. The van der Waals surface area contributed by atoms with Crippen LogP contribution in [0.3, 0.4) is 0 Å². The van der Waals surface area contributed by atoms with Crippen LogP contribution in [0.15, 0.2) is 0 Å². The zero-order valence-electron chi connectivity index (χ0n) is 9.89. The molecule has 1 rings (SSSR count). The lowest BCUT2D eigenvalue weighted by Crippen LogP contribution is -2.41. The predicted molar refractivity (Wildman–Crippen MR) is 60.3 cm³/mol. The Morgan fingerprint density at radius 2 is 1.14 bits per heavy atom. The molecule has 0 aromatic rings. The predicted octanol–water partition coefficient (Wildman–Crippen LogP) is 3.60. The molecule has 0 N–H and O–H groups in total. The molecule has 0 atom stereocenters. The van der Waals surface area contributed by atoms with Gasteiger partial charge in [0.1, 0.15) is 0 Å². The van der Waals surface area contributed by atoms with Crippen molar-refractivity contribution in [3.8, 4) is 0 Å². The summed E-state index contributed by atoms with van der Waals surface area (Å²) >= 11 is 0. The number of ether oxygens (including phenoxy) is 2. The largest absolute Gasteiger partial charge is 0.343 e. The molecule has 0 spiro atoms. The van der Waals surface area contributed by atoms with Gasteiger partial charge in [0.15, 0.2) is 6.29 Å². The molecule has 2 nitrogen and oxygen atoms in total. The fraction of sp³-hybridized carbons (Fsp3) is 1.00. The van der Waals surface area contributed by atoms with Gasteiger partial charge >= 0.3 is 0 Å². The summed E-state index contributed by atoms with van der Waals surface area (Å²) in [6.45, 7) is 14.7. The van der Waals surface area contributed by atoms with Crippen LogP contribution in [-0.2, 0) is 9.47 Å². The maximum Gasteiger partial charge on any atom is 0.164 e. The molecule has 1 fully saturated rings. The number of rotatable bonds is 0. The van der Waals surface area contributed by atoms with Gasteiger partial charge in [0.25, 0.3) is 0 Å². The van der Waals surface area contributed by atoms with Crippen molar-refractivity contribution in [2.24, 2.45) is 5.41 Å². The van der Waals surface area contributed by atoms with E-state index >= 15 is 0 Å². The van der Waals surface area contributed by atoms with Gasteiger partial charge in [-0.1, -0.05) is 28.2 Å². The summed E-state index contributed by atoms with van der Waals surface area (Å²) in [4.78, 5) is 0. The van der Waals surface area contributed by atoms with E-state index in [1.165, 1.54) is 0 Å². The highest BCUT2D eigenvalue weighted by Crippen LogP contribution is 2.43. The smallest absolute Gasteiger partial charge is 0.164 e. The third-order valence-electron chi connectivity index (χ3n) is 2.96. The Bertz CT molecular complexity index is 183. The van der Waals surface area contributed by atoms with Crippen molar-refractivity contribution in [1.29, 1.82) is 0 Å². The van der Waals surface area contributed by atoms with Crippen LogP contribution >= 0.6 is 0 Å². The molecule has 0 bridgehead atoms. The van der Waals surface area contributed by atoms with Crippen LogP contribution < -0.4 is 0 Å². The second-order valence-electron chi connectivity index (χ2n) is 5.95. The second kappa shape index (κ2) is 3.49. The molecule has 0 aromatic heterocycles. The minimum Gasteiger partial charge on any atom is -0.343 e. The topological polar surface area (TPSA) is 18.5 Å². The molecule has 0 saturated carbocycles. The monoisotopic (exact) mass is 202 g/mol. The van der Waals surface area contributed by atoms with E-state index in [0.717, 1.165) is 0 Å². The van der Waals surface area contributed by atoms with E-state index in [1.54, 1.807) is 0 Å². The molecule has 0 unspecified atom stereocenters. The van der Waals surface area contributed by atoms with Gasteiger partial charge in [-0.05, 0) is 27.7 Å². The first-order valence-corrected chi connectivity index (χ1v) is 4.92. The minimum atomic E-state index is -0.203. The molecular weight excluding hydrogens is 176 g/mol. The highest BCUT2D eigenvalue weighted by Gasteiger charge is 2.52. The quantitative estimate of drug-likeness (QED) is 0.597. The summed E-state index contributed by atoms with van der Waals surface area (Å²) in [7, 11) is 0. The molecule has 1 heterocycles. The lowest BCUT2D eigenvalue weighted by molar-refractivity contribution is -0.147. The van der Waals surface area contributed by atoms with E-state index in [0.29, 0.717) is 0 Å². The molecule has 0 radical (unpaired) electrons. The summed E-state index contributed by atoms with van der Waals surface area (Å²) < 4.78 is 11.8. The maximum atomic E-state index is 5.91. The molecule has 0 amide bonds. The van der Waals surface area contributed by atoms with Crippen molar-refractivity contribution in [3.05, 3.63) is 0 Å². The highest BCUT2D eigenvalue weighted by molar-refractivity contribution is 4.96. The van der Waals surface area contributed by atoms with Gasteiger partial charge in [0.2, 0.25) is 0 Å². The van der Waals surface area contributed by atoms with E-state index in [9.17, 15) is 0 Å². The Kier molecular flexibility index (Phi) is 3.47. The molecular formula is C12H26O2. The van der Waals surface area contributed by atoms with Crippen molar-refractivity contribution in [2.75, 3.05) is 0 Å². The van der Waals surface area contributed by atoms with Gasteiger partial charge in [-0.25, -0.2) is 0 Å². The molecule has 0 aliphatic carbocycles. The standard InChI is InChI=1S/C11H22O2.CH4/c1-9(2,3)8-12-10(4,5)11(6,7)13-8;/h8H,1-7H3;1H4. The van der Waals surface area contributed by atoms with E-state index in [4.69, 9.17) is 9.47 Å². The van der Waals surface area contributed by atoms with Crippen LogP contribution in [0, 0.1) is 5.41 Å². The first-order chi connectivity index (χ1) is 5.56. The third kappa shape index (κ3) is 2.29. The Labute approximate surface area is 89.0 Å². The van der Waals surface area contributed by atoms with Gasteiger partial charge in [0.05, 0.1) is 11.2 Å².